The van der Waals surface area contributed by atoms with Crippen molar-refractivity contribution in [3.05, 3.63) is 30.2 Å². The molecule has 0 spiro atoms. The third-order valence-electron chi connectivity index (χ3n) is 7.19. The molecule has 0 unspecified atom stereocenters. The minimum absolute atomic E-state index is 0.136. The summed E-state index contributed by atoms with van der Waals surface area (Å²) >= 11 is 0. The standard InChI is InChI=1S/C30H42N6O4/c1-18(2)36-26-21(15-31-36)11-12-24(32-26)23-17-35(33-25(23)20-9-10-20)22-13-19(14-22)16-34(27(37)39-29(3,4)5)28(38)40-30(6,7)8/h11-12,15,17-20,22H,9-10,13-14,16H2,1-8H3. The van der Waals surface area contributed by atoms with Crippen molar-refractivity contribution >= 4 is 23.2 Å². The molecule has 2 saturated carbocycles. The number of nitrogens with zero attached hydrogens (tertiary/aromatic N) is 6. The molecule has 2 aliphatic rings. The summed E-state index contributed by atoms with van der Waals surface area (Å²) in [4.78, 5) is 31.9. The molecule has 0 aliphatic heterocycles. The number of fused-ring (bicyclic) bond motifs is 1. The maximum Gasteiger partial charge on any atom is 0.419 e. The van der Waals surface area contributed by atoms with Crippen LogP contribution in [0.3, 0.4) is 0 Å². The molecule has 10 heteroatoms. The van der Waals surface area contributed by atoms with E-state index in [1.807, 2.05) is 10.9 Å². The van der Waals surface area contributed by atoms with E-state index < -0.39 is 23.4 Å². The smallest absolute Gasteiger partial charge is 0.419 e. The summed E-state index contributed by atoms with van der Waals surface area (Å²) in [5.74, 6) is 0.603. The zero-order valence-electron chi connectivity index (χ0n) is 25.0. The number of amides is 2. The maximum absolute atomic E-state index is 12.9. The number of aromatic nitrogens is 5. The lowest BCUT2D eigenvalue weighted by Crippen LogP contribution is -2.47. The fraction of sp³-hybridized carbons (Fsp3) is 0.633. The number of hydrogen-bond donors (Lipinski definition) is 0. The fourth-order valence-corrected chi connectivity index (χ4v) is 5.08. The van der Waals surface area contributed by atoms with Gasteiger partial charge in [0.05, 0.1) is 23.6 Å². The van der Waals surface area contributed by atoms with E-state index in [0.717, 1.165) is 58.6 Å². The van der Waals surface area contributed by atoms with E-state index in [0.29, 0.717) is 5.92 Å². The van der Waals surface area contributed by atoms with E-state index in [1.165, 1.54) is 0 Å². The van der Waals surface area contributed by atoms with Gasteiger partial charge in [-0.05, 0) is 99.1 Å². The van der Waals surface area contributed by atoms with Gasteiger partial charge in [0, 0.05) is 35.7 Å². The number of carbonyl (C=O) groups is 2. The van der Waals surface area contributed by atoms with Gasteiger partial charge in [-0.1, -0.05) is 0 Å². The first-order valence-electron chi connectivity index (χ1n) is 14.4. The SMILES string of the molecule is CC(C)n1ncc2ccc(-c3cn(C4CC(CN(C(=O)OC(C)(C)C)C(=O)OC(C)(C)C)C4)nc3C3CC3)nc21. The third-order valence-corrected chi connectivity index (χ3v) is 7.19. The van der Waals surface area contributed by atoms with E-state index in [-0.39, 0.29) is 24.5 Å². The topological polar surface area (TPSA) is 104 Å². The lowest BCUT2D eigenvalue weighted by atomic mass is 9.80. The average molecular weight is 551 g/mol. The maximum atomic E-state index is 12.9. The van der Waals surface area contributed by atoms with Crippen LogP contribution in [0.2, 0.25) is 0 Å². The Morgan fingerprint density at radius 1 is 1.02 bits per heavy atom. The molecule has 2 amide bonds. The van der Waals surface area contributed by atoms with Crippen molar-refractivity contribution < 1.29 is 19.1 Å². The number of ether oxygens (including phenoxy) is 2. The second-order valence-corrected chi connectivity index (χ2v) is 13.5. The Morgan fingerprint density at radius 2 is 1.65 bits per heavy atom. The van der Waals surface area contributed by atoms with Gasteiger partial charge in [-0.25, -0.2) is 24.2 Å². The molecule has 2 aliphatic carbocycles. The second kappa shape index (κ2) is 10.2. The van der Waals surface area contributed by atoms with Gasteiger partial charge in [-0.2, -0.15) is 10.2 Å². The predicted octanol–water partition coefficient (Wildman–Crippen LogP) is 6.88. The molecule has 0 atom stereocenters. The summed E-state index contributed by atoms with van der Waals surface area (Å²) in [7, 11) is 0. The zero-order valence-corrected chi connectivity index (χ0v) is 25.0. The van der Waals surface area contributed by atoms with E-state index in [1.54, 1.807) is 41.5 Å². The summed E-state index contributed by atoms with van der Waals surface area (Å²) < 4.78 is 15.1. The molecule has 0 bridgehead atoms. The van der Waals surface area contributed by atoms with Crippen LogP contribution in [-0.4, -0.2) is 59.4 Å². The van der Waals surface area contributed by atoms with Crippen LogP contribution in [0.25, 0.3) is 22.3 Å². The van der Waals surface area contributed by atoms with Gasteiger partial charge in [0.2, 0.25) is 0 Å². The molecule has 0 saturated heterocycles. The first-order chi connectivity index (χ1) is 18.7. The summed E-state index contributed by atoms with van der Waals surface area (Å²) in [6.07, 6.45) is 6.53. The summed E-state index contributed by atoms with van der Waals surface area (Å²) in [5.41, 5.74) is 2.56. The van der Waals surface area contributed by atoms with Crippen LogP contribution in [0.15, 0.2) is 24.5 Å². The molecule has 0 N–H and O–H groups in total. The van der Waals surface area contributed by atoms with E-state index in [4.69, 9.17) is 19.6 Å². The lowest BCUT2D eigenvalue weighted by Gasteiger charge is -2.38. The van der Waals surface area contributed by atoms with Crippen LogP contribution in [0.1, 0.15) is 105 Å². The number of pyridine rings is 1. The molecular formula is C30H42N6O4. The van der Waals surface area contributed by atoms with E-state index >= 15 is 0 Å². The quantitative estimate of drug-likeness (QED) is 0.330. The molecule has 3 aromatic rings. The van der Waals surface area contributed by atoms with E-state index in [2.05, 4.69) is 42.0 Å². The van der Waals surface area contributed by atoms with Crippen LogP contribution in [-0.2, 0) is 9.47 Å². The normalized spacial score (nSPS) is 19.5. The Labute approximate surface area is 236 Å². The molecule has 0 radical (unpaired) electrons. The average Bonchev–Trinajstić information content (AvgIpc) is 3.40. The van der Waals surface area contributed by atoms with Crippen molar-refractivity contribution in [1.82, 2.24) is 29.4 Å². The van der Waals surface area contributed by atoms with Gasteiger partial charge >= 0.3 is 12.2 Å². The van der Waals surface area contributed by atoms with Gasteiger partial charge in [0.15, 0.2) is 5.65 Å². The van der Waals surface area contributed by atoms with Crippen molar-refractivity contribution in [2.75, 3.05) is 6.54 Å². The van der Waals surface area contributed by atoms with Crippen LogP contribution < -0.4 is 0 Å². The highest BCUT2D eigenvalue weighted by molar-refractivity contribution is 5.88. The monoisotopic (exact) mass is 550 g/mol. The second-order valence-electron chi connectivity index (χ2n) is 13.5. The summed E-state index contributed by atoms with van der Waals surface area (Å²) in [5, 5.41) is 10.6. The molecular weight excluding hydrogens is 508 g/mol. The Balaban J connectivity index is 1.32. The van der Waals surface area contributed by atoms with Gasteiger partial charge in [0.25, 0.3) is 0 Å². The Kier molecular flexibility index (Phi) is 7.17. The first-order valence-corrected chi connectivity index (χ1v) is 14.4. The van der Waals surface area contributed by atoms with Crippen molar-refractivity contribution in [3.63, 3.8) is 0 Å². The van der Waals surface area contributed by atoms with Crippen LogP contribution in [0, 0.1) is 5.92 Å². The van der Waals surface area contributed by atoms with Crippen LogP contribution in [0.5, 0.6) is 0 Å². The van der Waals surface area contributed by atoms with Crippen molar-refractivity contribution in [3.8, 4) is 11.3 Å². The highest BCUT2D eigenvalue weighted by Gasteiger charge is 2.39. The highest BCUT2D eigenvalue weighted by Crippen LogP contribution is 2.46. The highest BCUT2D eigenvalue weighted by atomic mass is 16.6. The van der Waals surface area contributed by atoms with Crippen molar-refractivity contribution in [1.29, 1.82) is 0 Å². The Bertz CT molecular complexity index is 1370. The number of imide groups is 1. The van der Waals surface area contributed by atoms with Gasteiger partial charge in [-0.3, -0.25) is 4.68 Å². The van der Waals surface area contributed by atoms with Crippen molar-refractivity contribution in [2.24, 2.45) is 5.92 Å². The Morgan fingerprint density at radius 3 is 2.20 bits per heavy atom. The molecule has 216 valence electrons. The molecule has 0 aromatic carbocycles. The van der Waals surface area contributed by atoms with Gasteiger partial charge in [0.1, 0.15) is 11.2 Å². The summed E-state index contributed by atoms with van der Waals surface area (Å²) in [6.45, 7) is 15.2. The predicted molar refractivity (Wildman–Crippen MR) is 152 cm³/mol. The molecule has 40 heavy (non-hydrogen) atoms. The molecule has 10 nitrogen and oxygen atoms in total. The largest absolute Gasteiger partial charge is 0.443 e. The first kappa shape index (κ1) is 28.1. The third kappa shape index (κ3) is 6.15. The Hall–Kier alpha value is -3.43. The fourth-order valence-electron chi connectivity index (χ4n) is 5.08. The molecule has 3 heterocycles. The molecule has 2 fully saturated rings. The molecule has 5 rings (SSSR count). The lowest BCUT2D eigenvalue weighted by molar-refractivity contribution is -0.00641. The number of hydrogen-bond acceptors (Lipinski definition) is 7. The number of rotatable bonds is 6. The number of carbonyl (C=O) groups excluding carboxylic acids is 2. The van der Waals surface area contributed by atoms with Crippen molar-refractivity contribution in [2.45, 2.75) is 110 Å². The summed E-state index contributed by atoms with van der Waals surface area (Å²) in [6, 6.07) is 4.56. The molecule has 3 aromatic heterocycles. The zero-order chi connectivity index (χ0) is 29.0. The van der Waals surface area contributed by atoms with Crippen LogP contribution >= 0.6 is 0 Å². The van der Waals surface area contributed by atoms with Gasteiger partial charge < -0.3 is 9.47 Å². The van der Waals surface area contributed by atoms with Crippen LogP contribution in [0.4, 0.5) is 9.59 Å². The minimum atomic E-state index is -0.714. The van der Waals surface area contributed by atoms with E-state index in [9.17, 15) is 9.59 Å². The minimum Gasteiger partial charge on any atom is -0.443 e. The van der Waals surface area contributed by atoms with Gasteiger partial charge in [-0.15, -0.1) is 0 Å².